The van der Waals surface area contributed by atoms with Crippen LogP contribution in [0.3, 0.4) is 0 Å². The zero-order chi connectivity index (χ0) is 24.2. The summed E-state index contributed by atoms with van der Waals surface area (Å²) in [6.07, 6.45) is 0. The number of carbonyl (C=O) groups is 1. The molecule has 0 heterocycles. The monoisotopic (exact) mass is 490 g/mol. The van der Waals surface area contributed by atoms with Gasteiger partial charge in [-0.05, 0) is 61.9 Å². The van der Waals surface area contributed by atoms with Crippen LogP contribution in [0.4, 0.5) is 10.1 Å². The molecule has 3 aromatic carbocycles. The minimum atomic E-state index is -4.14. The number of anilines is 1. The van der Waals surface area contributed by atoms with E-state index in [0.717, 1.165) is 9.87 Å². The van der Waals surface area contributed by atoms with Crippen molar-refractivity contribution in [3.05, 3.63) is 88.7 Å². The largest absolute Gasteiger partial charge is 0.495 e. The lowest BCUT2D eigenvalue weighted by Gasteiger charge is -2.26. The molecule has 174 valence electrons. The molecule has 0 fully saturated rings. The number of ether oxygens (including phenoxy) is 1. The van der Waals surface area contributed by atoms with Gasteiger partial charge in [-0.15, -0.1) is 0 Å². The molecule has 0 saturated carbocycles. The smallest absolute Gasteiger partial charge is 0.264 e. The number of aryl methyl sites for hydroxylation is 1. The van der Waals surface area contributed by atoms with Crippen LogP contribution in [0.2, 0.25) is 5.02 Å². The highest BCUT2D eigenvalue weighted by molar-refractivity contribution is 7.92. The fourth-order valence-corrected chi connectivity index (χ4v) is 4.84. The van der Waals surface area contributed by atoms with Gasteiger partial charge in [0.15, 0.2) is 0 Å². The van der Waals surface area contributed by atoms with Gasteiger partial charge in [-0.25, -0.2) is 12.8 Å². The molecule has 0 saturated heterocycles. The van der Waals surface area contributed by atoms with Crippen LogP contribution in [0.1, 0.15) is 24.1 Å². The molecule has 0 aliphatic carbocycles. The first kappa shape index (κ1) is 24.5. The van der Waals surface area contributed by atoms with E-state index >= 15 is 0 Å². The minimum Gasteiger partial charge on any atom is -0.495 e. The third-order valence-corrected chi connectivity index (χ3v) is 7.06. The first-order chi connectivity index (χ1) is 15.6. The van der Waals surface area contributed by atoms with Gasteiger partial charge in [0.2, 0.25) is 5.91 Å². The first-order valence-corrected chi connectivity index (χ1v) is 11.9. The fraction of sp³-hybridized carbons (Fsp3) is 0.208. The number of nitrogens with one attached hydrogen (secondary N) is 1. The number of hydrogen-bond acceptors (Lipinski definition) is 4. The molecule has 9 heteroatoms. The van der Waals surface area contributed by atoms with E-state index in [1.54, 1.807) is 37.3 Å². The zero-order valence-corrected chi connectivity index (χ0v) is 20.0. The second-order valence-electron chi connectivity index (χ2n) is 7.48. The molecular weight excluding hydrogens is 467 g/mol. The molecule has 3 rings (SSSR count). The average Bonchev–Trinajstić information content (AvgIpc) is 2.78. The quantitative estimate of drug-likeness (QED) is 0.489. The molecule has 0 aromatic heterocycles. The maximum absolute atomic E-state index is 13.6. The van der Waals surface area contributed by atoms with Crippen molar-refractivity contribution in [2.45, 2.75) is 24.8 Å². The lowest BCUT2D eigenvalue weighted by Crippen LogP contribution is -2.41. The summed E-state index contributed by atoms with van der Waals surface area (Å²) in [6.45, 7) is 3.06. The Morgan fingerprint density at radius 3 is 2.33 bits per heavy atom. The maximum atomic E-state index is 13.6. The van der Waals surface area contributed by atoms with Gasteiger partial charge < -0.3 is 10.1 Å². The van der Waals surface area contributed by atoms with E-state index in [9.17, 15) is 17.6 Å². The van der Waals surface area contributed by atoms with Crippen LogP contribution in [-0.2, 0) is 14.8 Å². The molecule has 0 spiro atoms. The van der Waals surface area contributed by atoms with E-state index in [4.69, 9.17) is 16.3 Å². The van der Waals surface area contributed by atoms with Crippen LogP contribution in [0, 0.1) is 12.7 Å². The van der Waals surface area contributed by atoms with Crippen molar-refractivity contribution in [3.8, 4) is 5.75 Å². The molecule has 1 atom stereocenters. The third-order valence-electron chi connectivity index (χ3n) is 5.05. The van der Waals surface area contributed by atoms with Gasteiger partial charge in [0.25, 0.3) is 10.0 Å². The summed E-state index contributed by atoms with van der Waals surface area (Å²) in [4.78, 5) is 13.0. The van der Waals surface area contributed by atoms with Gasteiger partial charge in [-0.3, -0.25) is 9.10 Å². The highest BCUT2D eigenvalue weighted by Crippen LogP contribution is 2.35. The van der Waals surface area contributed by atoms with E-state index in [-0.39, 0.29) is 27.2 Å². The maximum Gasteiger partial charge on any atom is 0.264 e. The summed E-state index contributed by atoms with van der Waals surface area (Å²) in [6, 6.07) is 16.1. The number of rotatable bonds is 8. The lowest BCUT2D eigenvalue weighted by atomic mass is 10.1. The summed E-state index contributed by atoms with van der Waals surface area (Å²) < 4.78 is 46.6. The lowest BCUT2D eigenvalue weighted by molar-refractivity contribution is -0.120. The van der Waals surface area contributed by atoms with Gasteiger partial charge in [0.05, 0.1) is 23.7 Å². The van der Waals surface area contributed by atoms with E-state index in [1.807, 2.05) is 6.92 Å². The normalized spacial score (nSPS) is 12.2. The Morgan fingerprint density at radius 1 is 1.09 bits per heavy atom. The number of halogens is 2. The van der Waals surface area contributed by atoms with E-state index in [0.29, 0.717) is 5.56 Å². The number of sulfonamides is 1. The van der Waals surface area contributed by atoms with E-state index < -0.39 is 28.5 Å². The molecule has 0 aliphatic heterocycles. The molecule has 1 amide bonds. The number of hydrogen-bond donors (Lipinski definition) is 1. The number of amides is 1. The topological polar surface area (TPSA) is 75.7 Å². The van der Waals surface area contributed by atoms with Crippen LogP contribution in [0.5, 0.6) is 5.75 Å². The Morgan fingerprint density at radius 2 is 1.73 bits per heavy atom. The van der Waals surface area contributed by atoms with Crippen molar-refractivity contribution in [1.29, 1.82) is 0 Å². The highest BCUT2D eigenvalue weighted by Gasteiger charge is 2.30. The number of carbonyl (C=O) groups excluding carboxylic acids is 1. The van der Waals surface area contributed by atoms with Crippen LogP contribution in [0.25, 0.3) is 0 Å². The molecule has 6 nitrogen and oxygen atoms in total. The number of benzene rings is 3. The third kappa shape index (κ3) is 5.83. The first-order valence-electron chi connectivity index (χ1n) is 10.1. The highest BCUT2D eigenvalue weighted by atomic mass is 35.5. The van der Waals surface area contributed by atoms with Gasteiger partial charge in [0, 0.05) is 5.02 Å². The second kappa shape index (κ2) is 10.2. The Labute approximate surface area is 198 Å². The average molecular weight is 491 g/mol. The van der Waals surface area contributed by atoms with Crippen molar-refractivity contribution in [3.63, 3.8) is 0 Å². The molecular formula is C24H24ClFN2O4S. The summed E-state index contributed by atoms with van der Waals surface area (Å²) in [5.41, 5.74) is 1.71. The summed E-state index contributed by atoms with van der Waals surface area (Å²) >= 11 is 6.14. The zero-order valence-electron chi connectivity index (χ0n) is 18.4. The Bertz CT molecular complexity index is 1230. The predicted molar refractivity (Wildman–Crippen MR) is 127 cm³/mol. The van der Waals surface area contributed by atoms with Crippen molar-refractivity contribution in [1.82, 2.24) is 5.32 Å². The van der Waals surface area contributed by atoms with Crippen molar-refractivity contribution in [2.24, 2.45) is 0 Å². The second-order valence-corrected chi connectivity index (χ2v) is 9.78. The van der Waals surface area contributed by atoms with Gasteiger partial charge in [-0.2, -0.15) is 0 Å². The summed E-state index contributed by atoms with van der Waals surface area (Å²) in [5.74, 6) is -0.695. The Kier molecular flexibility index (Phi) is 7.61. The Hall–Kier alpha value is -3.10. The molecule has 0 aliphatic rings. The van der Waals surface area contributed by atoms with Crippen molar-refractivity contribution < 1.29 is 22.3 Å². The predicted octanol–water partition coefficient (Wildman–Crippen LogP) is 4.87. The molecule has 0 radical (unpaired) electrons. The van der Waals surface area contributed by atoms with E-state index in [1.165, 1.54) is 43.5 Å². The molecule has 0 unspecified atom stereocenters. The summed E-state index contributed by atoms with van der Waals surface area (Å²) in [5, 5.41) is 3.05. The van der Waals surface area contributed by atoms with Crippen molar-refractivity contribution in [2.75, 3.05) is 18.0 Å². The van der Waals surface area contributed by atoms with Crippen molar-refractivity contribution >= 4 is 33.2 Å². The SMILES string of the molecule is COc1ccc(Cl)cc1N(CC(=O)N[C@@H](C)c1ccc(F)cc1)S(=O)(=O)c1ccc(C)cc1. The van der Waals surface area contributed by atoms with Crippen LogP contribution < -0.4 is 14.4 Å². The molecule has 1 N–H and O–H groups in total. The van der Waals surface area contributed by atoms with Gasteiger partial charge in [0.1, 0.15) is 18.1 Å². The molecule has 33 heavy (non-hydrogen) atoms. The standard InChI is InChI=1S/C24H24ClFN2O4S/c1-16-4-11-21(12-5-16)33(30,31)28(22-14-19(25)8-13-23(22)32-3)15-24(29)27-17(2)18-6-9-20(26)10-7-18/h4-14,17H,15H2,1-3H3,(H,27,29)/t17-/m0/s1. The summed E-state index contributed by atoms with van der Waals surface area (Å²) in [7, 11) is -2.73. The van der Waals surface area contributed by atoms with Crippen LogP contribution >= 0.6 is 11.6 Å². The fourth-order valence-electron chi connectivity index (χ4n) is 3.25. The molecule has 3 aromatic rings. The molecule has 0 bridgehead atoms. The minimum absolute atomic E-state index is 0.0227. The van der Waals surface area contributed by atoms with Gasteiger partial charge in [-0.1, -0.05) is 41.4 Å². The number of methoxy groups -OCH3 is 1. The van der Waals surface area contributed by atoms with Crippen LogP contribution in [0.15, 0.2) is 71.6 Å². The van der Waals surface area contributed by atoms with E-state index in [2.05, 4.69) is 5.32 Å². The number of nitrogens with zero attached hydrogens (tertiary/aromatic N) is 1. The van der Waals surface area contributed by atoms with Crippen LogP contribution in [-0.4, -0.2) is 28.0 Å². The van der Waals surface area contributed by atoms with Gasteiger partial charge >= 0.3 is 0 Å². The Balaban J connectivity index is 1.97.